The second kappa shape index (κ2) is 9.17. The minimum Gasteiger partial charge on any atom is -0.250 e. The minimum absolute atomic E-state index is 0.554. The highest BCUT2D eigenvalue weighted by Gasteiger charge is 2.24. The predicted octanol–water partition coefficient (Wildman–Crippen LogP) is 9.43. The Morgan fingerprint density at radius 1 is 0.472 bits per heavy atom. The first-order valence-electron chi connectivity index (χ1n) is 13.7. The molecule has 3 aromatic carbocycles. The third-order valence-electron chi connectivity index (χ3n) is 8.51. The highest BCUT2D eigenvalue weighted by atomic mass is 14.8. The third-order valence-corrected chi connectivity index (χ3v) is 8.51. The van der Waals surface area contributed by atoms with E-state index in [0.29, 0.717) is 11.8 Å². The van der Waals surface area contributed by atoms with E-state index in [4.69, 9.17) is 9.97 Å². The molecule has 36 heavy (non-hydrogen) atoms. The molecule has 2 heteroatoms. The van der Waals surface area contributed by atoms with Crippen LogP contribution < -0.4 is 0 Å². The molecule has 2 fully saturated rings. The van der Waals surface area contributed by atoms with Crippen LogP contribution in [0, 0.1) is 0 Å². The van der Waals surface area contributed by atoms with Gasteiger partial charge in [0.1, 0.15) is 0 Å². The van der Waals surface area contributed by atoms with E-state index in [-0.39, 0.29) is 0 Å². The molecule has 0 amide bonds. The molecule has 5 aromatic rings. The summed E-state index contributed by atoms with van der Waals surface area (Å²) in [6, 6.07) is 31.0. The van der Waals surface area contributed by atoms with Crippen LogP contribution in [0.3, 0.4) is 0 Å². The zero-order chi connectivity index (χ0) is 23.9. The molecule has 2 aliphatic rings. The van der Waals surface area contributed by atoms with Gasteiger partial charge in [-0.2, -0.15) is 0 Å². The molecular formula is C34H32N2. The second-order valence-electron chi connectivity index (χ2n) is 10.7. The van der Waals surface area contributed by atoms with Gasteiger partial charge in [0.05, 0.1) is 11.0 Å². The zero-order valence-electron chi connectivity index (χ0n) is 20.8. The van der Waals surface area contributed by atoms with Crippen molar-refractivity contribution >= 4 is 21.8 Å². The molecule has 0 saturated heterocycles. The molecule has 0 unspecified atom stereocenters. The summed E-state index contributed by atoms with van der Waals surface area (Å²) in [6.07, 6.45) is 10.2. The maximum atomic E-state index is 5.41. The van der Waals surface area contributed by atoms with Crippen molar-refractivity contribution in [2.75, 3.05) is 0 Å². The molecular weight excluding hydrogens is 436 g/mol. The summed E-state index contributed by atoms with van der Waals surface area (Å²) in [6.45, 7) is 0. The molecule has 2 aromatic heterocycles. The molecule has 0 radical (unpaired) electrons. The van der Waals surface area contributed by atoms with Crippen LogP contribution in [0.4, 0.5) is 0 Å². The summed E-state index contributed by atoms with van der Waals surface area (Å²) in [4.78, 5) is 10.8. The second-order valence-corrected chi connectivity index (χ2v) is 10.7. The van der Waals surface area contributed by atoms with Gasteiger partial charge in [0.2, 0.25) is 0 Å². The number of hydrogen-bond donors (Lipinski definition) is 0. The number of hydrogen-bond acceptors (Lipinski definition) is 2. The van der Waals surface area contributed by atoms with Crippen molar-refractivity contribution in [3.05, 3.63) is 96.3 Å². The molecule has 0 N–H and O–H groups in total. The first kappa shape index (κ1) is 21.7. The van der Waals surface area contributed by atoms with Crippen molar-refractivity contribution in [2.24, 2.45) is 0 Å². The number of fused-ring (bicyclic) bond motifs is 3. The number of aromatic nitrogens is 2. The number of rotatable bonds is 4. The Morgan fingerprint density at radius 2 is 0.861 bits per heavy atom. The van der Waals surface area contributed by atoms with Crippen LogP contribution in [0.5, 0.6) is 0 Å². The summed E-state index contributed by atoms with van der Waals surface area (Å²) in [7, 11) is 0. The fourth-order valence-corrected chi connectivity index (χ4v) is 6.59. The van der Waals surface area contributed by atoms with Crippen LogP contribution in [0.1, 0.15) is 74.6 Å². The van der Waals surface area contributed by atoms with Crippen LogP contribution in [-0.4, -0.2) is 9.97 Å². The van der Waals surface area contributed by atoms with Crippen LogP contribution in [0.25, 0.3) is 44.1 Å². The highest BCUT2D eigenvalue weighted by Crippen LogP contribution is 2.42. The summed E-state index contributed by atoms with van der Waals surface area (Å²) in [5.41, 5.74) is 9.76. The number of benzene rings is 3. The maximum Gasteiger partial charge on any atom is 0.0974 e. The standard InChI is InChI=1S/C34H32N2/c1-3-11-23(12-4-1)29-21-31(25-15-7-8-16-25)35-33-27(29)19-20-28-30(24-13-5-2-6-14-24)22-32(36-34(28)33)26-17-9-10-18-26/h1-6,11-14,19-22,25-26H,7-10,15-18H2. The topological polar surface area (TPSA) is 25.8 Å². The lowest BCUT2D eigenvalue weighted by Crippen LogP contribution is -2.02. The van der Waals surface area contributed by atoms with Crippen LogP contribution in [-0.2, 0) is 0 Å². The molecule has 0 aliphatic heterocycles. The van der Waals surface area contributed by atoms with Gasteiger partial charge in [-0.1, -0.05) is 98.5 Å². The van der Waals surface area contributed by atoms with Crippen molar-refractivity contribution in [3.63, 3.8) is 0 Å². The molecule has 2 nitrogen and oxygen atoms in total. The SMILES string of the molecule is c1ccc(-c2cc(C3CCCC3)nc3c2ccc2c(-c4ccccc4)cc(C4CCCC4)nc23)cc1. The molecule has 0 spiro atoms. The van der Waals surface area contributed by atoms with Gasteiger partial charge >= 0.3 is 0 Å². The Hall–Kier alpha value is -3.52. The smallest absolute Gasteiger partial charge is 0.0974 e. The maximum absolute atomic E-state index is 5.41. The fourth-order valence-electron chi connectivity index (χ4n) is 6.59. The quantitative estimate of drug-likeness (QED) is 0.245. The Morgan fingerprint density at radius 3 is 1.25 bits per heavy atom. The molecule has 2 heterocycles. The Bertz CT molecular complexity index is 1410. The minimum atomic E-state index is 0.554. The summed E-state index contributed by atoms with van der Waals surface area (Å²) in [5, 5.41) is 2.43. The van der Waals surface area contributed by atoms with Crippen LogP contribution in [0.15, 0.2) is 84.9 Å². The zero-order valence-corrected chi connectivity index (χ0v) is 20.8. The normalized spacial score (nSPS) is 16.9. The predicted molar refractivity (Wildman–Crippen MR) is 150 cm³/mol. The van der Waals surface area contributed by atoms with Crippen molar-refractivity contribution in [1.29, 1.82) is 0 Å². The molecule has 7 rings (SSSR count). The first-order valence-corrected chi connectivity index (χ1v) is 13.7. The Balaban J connectivity index is 1.55. The lowest BCUT2D eigenvalue weighted by atomic mass is 9.92. The van der Waals surface area contributed by atoms with Gasteiger partial charge in [0, 0.05) is 34.0 Å². The van der Waals surface area contributed by atoms with E-state index in [2.05, 4.69) is 84.9 Å². The fraction of sp³-hybridized carbons (Fsp3) is 0.294. The van der Waals surface area contributed by atoms with E-state index in [1.165, 1.54) is 95.8 Å². The van der Waals surface area contributed by atoms with E-state index < -0.39 is 0 Å². The van der Waals surface area contributed by atoms with E-state index in [9.17, 15) is 0 Å². The number of nitrogens with zero attached hydrogens (tertiary/aromatic N) is 2. The van der Waals surface area contributed by atoms with Crippen molar-refractivity contribution in [3.8, 4) is 22.3 Å². The average Bonchev–Trinajstić information content (AvgIpc) is 3.68. The van der Waals surface area contributed by atoms with E-state index in [1.807, 2.05) is 0 Å². The van der Waals surface area contributed by atoms with Gasteiger partial charge < -0.3 is 0 Å². The highest BCUT2D eigenvalue weighted by molar-refractivity contribution is 6.12. The van der Waals surface area contributed by atoms with Gasteiger partial charge in [0.25, 0.3) is 0 Å². The molecule has 178 valence electrons. The van der Waals surface area contributed by atoms with Crippen molar-refractivity contribution < 1.29 is 0 Å². The molecule has 2 aliphatic carbocycles. The van der Waals surface area contributed by atoms with E-state index >= 15 is 0 Å². The first-order chi connectivity index (χ1) is 17.8. The van der Waals surface area contributed by atoms with Crippen LogP contribution in [0.2, 0.25) is 0 Å². The Kier molecular flexibility index (Phi) is 5.54. The monoisotopic (exact) mass is 468 g/mol. The molecule has 0 bridgehead atoms. The largest absolute Gasteiger partial charge is 0.250 e. The summed E-state index contributed by atoms with van der Waals surface area (Å²) < 4.78 is 0. The van der Waals surface area contributed by atoms with E-state index in [0.717, 1.165) is 11.0 Å². The van der Waals surface area contributed by atoms with Crippen molar-refractivity contribution in [1.82, 2.24) is 9.97 Å². The summed E-state index contributed by atoms with van der Waals surface area (Å²) >= 11 is 0. The number of pyridine rings is 2. The lowest BCUT2D eigenvalue weighted by Gasteiger charge is -2.18. The van der Waals surface area contributed by atoms with Gasteiger partial charge in [-0.3, -0.25) is 9.97 Å². The third kappa shape index (κ3) is 3.80. The van der Waals surface area contributed by atoms with Gasteiger partial charge in [-0.15, -0.1) is 0 Å². The average molecular weight is 469 g/mol. The lowest BCUT2D eigenvalue weighted by molar-refractivity contribution is 0.699. The van der Waals surface area contributed by atoms with Gasteiger partial charge in [-0.05, 0) is 60.1 Å². The molecule has 0 atom stereocenters. The van der Waals surface area contributed by atoms with Crippen LogP contribution >= 0.6 is 0 Å². The van der Waals surface area contributed by atoms with Gasteiger partial charge in [0.15, 0.2) is 0 Å². The summed E-state index contributed by atoms with van der Waals surface area (Å²) in [5.74, 6) is 1.11. The Labute approximate surface area is 213 Å². The van der Waals surface area contributed by atoms with Crippen molar-refractivity contribution in [2.45, 2.75) is 63.2 Å². The molecule has 2 saturated carbocycles. The van der Waals surface area contributed by atoms with E-state index in [1.54, 1.807) is 0 Å². The van der Waals surface area contributed by atoms with Gasteiger partial charge in [-0.25, -0.2) is 0 Å².